The molecule has 3 aromatic rings. The first-order valence-corrected chi connectivity index (χ1v) is 8.49. The van der Waals surface area contributed by atoms with Gasteiger partial charge in [0.2, 0.25) is 0 Å². The summed E-state index contributed by atoms with van der Waals surface area (Å²) in [4.78, 5) is 23.9. The van der Waals surface area contributed by atoms with Gasteiger partial charge in [-0.1, -0.05) is 11.6 Å². The molecule has 2 aromatic carbocycles. The van der Waals surface area contributed by atoms with Gasteiger partial charge < -0.3 is 15.2 Å². The summed E-state index contributed by atoms with van der Waals surface area (Å²) in [6, 6.07) is 12.7. The number of aromatic carboxylic acids is 1. The molecule has 7 nitrogen and oxygen atoms in total. The van der Waals surface area contributed by atoms with E-state index in [2.05, 4.69) is 10.4 Å². The smallest absolute Gasteiger partial charge is 0.335 e. The third-order valence-electron chi connectivity index (χ3n) is 3.72. The van der Waals surface area contributed by atoms with Crippen molar-refractivity contribution in [1.29, 1.82) is 0 Å². The van der Waals surface area contributed by atoms with Gasteiger partial charge in [0.25, 0.3) is 5.56 Å². The van der Waals surface area contributed by atoms with Gasteiger partial charge in [0.15, 0.2) is 11.4 Å². The zero-order valence-corrected chi connectivity index (χ0v) is 15.1. The van der Waals surface area contributed by atoms with E-state index in [1.165, 1.54) is 23.0 Å². The highest BCUT2D eigenvalue weighted by Crippen LogP contribution is 2.24. The number of rotatable bonds is 6. The van der Waals surface area contributed by atoms with Crippen LogP contribution in [0.1, 0.15) is 17.3 Å². The molecule has 27 heavy (non-hydrogen) atoms. The van der Waals surface area contributed by atoms with Crippen LogP contribution in [0.4, 0.5) is 11.4 Å². The lowest BCUT2D eigenvalue weighted by molar-refractivity contribution is 0.0697. The first-order chi connectivity index (χ1) is 13.0. The summed E-state index contributed by atoms with van der Waals surface area (Å²) >= 11 is 5.90. The quantitative estimate of drug-likeness (QED) is 0.671. The zero-order valence-electron chi connectivity index (χ0n) is 14.3. The van der Waals surface area contributed by atoms with E-state index in [-0.39, 0.29) is 11.3 Å². The molecule has 0 saturated heterocycles. The van der Waals surface area contributed by atoms with Crippen molar-refractivity contribution >= 4 is 28.9 Å². The van der Waals surface area contributed by atoms with Gasteiger partial charge in [-0.25, -0.2) is 4.79 Å². The number of anilines is 2. The standard InChI is InChI=1S/C19H16ClN3O4/c1-2-27-16-11-21-23(15-9-5-13(20)6-10-15)18(24)17(16)22-14-7-3-12(4-8-14)19(25)26/h3-11,22H,2H2,1H3,(H,25,26). The molecule has 0 aliphatic heterocycles. The highest BCUT2D eigenvalue weighted by atomic mass is 35.5. The molecule has 138 valence electrons. The Morgan fingerprint density at radius 1 is 1.19 bits per heavy atom. The van der Waals surface area contributed by atoms with E-state index in [0.717, 1.165) is 0 Å². The van der Waals surface area contributed by atoms with E-state index >= 15 is 0 Å². The molecule has 0 amide bonds. The molecule has 3 rings (SSSR count). The number of benzene rings is 2. The summed E-state index contributed by atoms with van der Waals surface area (Å²) in [5.41, 5.74) is 1.04. The average molecular weight is 386 g/mol. The monoisotopic (exact) mass is 385 g/mol. The summed E-state index contributed by atoms with van der Waals surface area (Å²) in [6.07, 6.45) is 1.45. The SMILES string of the molecule is CCOc1cnn(-c2ccc(Cl)cc2)c(=O)c1Nc1ccc(C(=O)O)cc1. The number of carboxylic acid groups (broad SMARTS) is 1. The van der Waals surface area contributed by atoms with Crippen molar-refractivity contribution in [2.45, 2.75) is 6.92 Å². The maximum atomic E-state index is 13.0. The Bertz CT molecular complexity index is 1010. The molecule has 0 atom stereocenters. The summed E-state index contributed by atoms with van der Waals surface area (Å²) < 4.78 is 6.74. The van der Waals surface area contributed by atoms with Crippen molar-refractivity contribution in [3.63, 3.8) is 0 Å². The van der Waals surface area contributed by atoms with E-state index in [9.17, 15) is 9.59 Å². The first-order valence-electron chi connectivity index (χ1n) is 8.11. The molecule has 0 radical (unpaired) electrons. The minimum atomic E-state index is -1.02. The predicted octanol–water partition coefficient (Wildman–Crippen LogP) is 3.73. The molecule has 0 spiro atoms. The molecular formula is C19H16ClN3O4. The van der Waals surface area contributed by atoms with E-state index < -0.39 is 11.5 Å². The molecule has 0 bridgehead atoms. The fourth-order valence-corrected chi connectivity index (χ4v) is 2.55. The molecular weight excluding hydrogens is 370 g/mol. The van der Waals surface area contributed by atoms with E-state index in [1.54, 1.807) is 43.3 Å². The third kappa shape index (κ3) is 4.09. The van der Waals surface area contributed by atoms with Gasteiger partial charge in [-0.2, -0.15) is 9.78 Å². The minimum absolute atomic E-state index is 0.152. The van der Waals surface area contributed by atoms with Crippen LogP contribution in [0, 0.1) is 0 Å². The average Bonchev–Trinajstić information content (AvgIpc) is 2.66. The van der Waals surface area contributed by atoms with Gasteiger partial charge in [-0.05, 0) is 55.5 Å². The number of carbonyl (C=O) groups is 1. The summed E-state index contributed by atoms with van der Waals surface area (Å²) in [5, 5.41) is 16.7. The molecule has 8 heteroatoms. The molecule has 2 N–H and O–H groups in total. The molecule has 0 unspecified atom stereocenters. The zero-order chi connectivity index (χ0) is 19.4. The lowest BCUT2D eigenvalue weighted by Crippen LogP contribution is -2.24. The number of halogens is 1. The number of carboxylic acids is 1. The fourth-order valence-electron chi connectivity index (χ4n) is 2.43. The Morgan fingerprint density at radius 2 is 1.85 bits per heavy atom. The normalized spacial score (nSPS) is 10.4. The maximum Gasteiger partial charge on any atom is 0.335 e. The Morgan fingerprint density at radius 3 is 2.44 bits per heavy atom. The second-order valence-electron chi connectivity index (χ2n) is 5.52. The van der Waals surface area contributed by atoms with Crippen molar-refractivity contribution in [1.82, 2.24) is 9.78 Å². The largest absolute Gasteiger partial charge is 0.490 e. The van der Waals surface area contributed by atoms with Crippen LogP contribution in [0.25, 0.3) is 5.69 Å². The number of hydrogen-bond acceptors (Lipinski definition) is 5. The Kier molecular flexibility index (Phi) is 5.42. The Labute approximate surface area is 159 Å². The second-order valence-corrected chi connectivity index (χ2v) is 5.95. The predicted molar refractivity (Wildman–Crippen MR) is 103 cm³/mol. The Hall–Kier alpha value is -3.32. The molecule has 0 aliphatic rings. The van der Waals surface area contributed by atoms with Crippen LogP contribution in [0.5, 0.6) is 5.75 Å². The molecule has 0 aliphatic carbocycles. The molecule has 1 aromatic heterocycles. The molecule has 1 heterocycles. The van der Waals surface area contributed by atoms with Gasteiger partial charge in [0.05, 0.1) is 24.1 Å². The highest BCUT2D eigenvalue weighted by Gasteiger charge is 2.14. The maximum absolute atomic E-state index is 13.0. The summed E-state index contributed by atoms with van der Waals surface area (Å²) in [6.45, 7) is 2.16. The van der Waals surface area contributed by atoms with Crippen LogP contribution < -0.4 is 15.6 Å². The van der Waals surface area contributed by atoms with E-state index in [0.29, 0.717) is 28.8 Å². The number of aromatic nitrogens is 2. The number of ether oxygens (including phenoxy) is 1. The van der Waals surface area contributed by atoms with Crippen LogP contribution in [0.3, 0.4) is 0 Å². The van der Waals surface area contributed by atoms with Crippen molar-refractivity contribution in [2.75, 3.05) is 11.9 Å². The molecule has 0 fully saturated rings. The number of hydrogen-bond donors (Lipinski definition) is 2. The van der Waals surface area contributed by atoms with E-state index in [4.69, 9.17) is 21.4 Å². The van der Waals surface area contributed by atoms with Crippen LogP contribution in [-0.2, 0) is 0 Å². The lowest BCUT2D eigenvalue weighted by atomic mass is 10.2. The van der Waals surface area contributed by atoms with Crippen LogP contribution >= 0.6 is 11.6 Å². The lowest BCUT2D eigenvalue weighted by Gasteiger charge is -2.14. The van der Waals surface area contributed by atoms with Crippen molar-refractivity contribution in [2.24, 2.45) is 0 Å². The van der Waals surface area contributed by atoms with Crippen molar-refractivity contribution in [3.8, 4) is 11.4 Å². The van der Waals surface area contributed by atoms with Gasteiger partial charge in [-0.3, -0.25) is 4.79 Å². The highest BCUT2D eigenvalue weighted by molar-refractivity contribution is 6.30. The van der Waals surface area contributed by atoms with Crippen LogP contribution in [-0.4, -0.2) is 27.5 Å². The first kappa shape index (κ1) is 18.5. The van der Waals surface area contributed by atoms with Gasteiger partial charge in [-0.15, -0.1) is 0 Å². The van der Waals surface area contributed by atoms with Gasteiger partial charge >= 0.3 is 5.97 Å². The Balaban J connectivity index is 2.03. The van der Waals surface area contributed by atoms with Crippen molar-refractivity contribution in [3.05, 3.63) is 75.7 Å². The minimum Gasteiger partial charge on any atom is -0.490 e. The number of nitrogens with one attached hydrogen (secondary N) is 1. The van der Waals surface area contributed by atoms with Crippen LogP contribution in [0.2, 0.25) is 5.02 Å². The third-order valence-corrected chi connectivity index (χ3v) is 3.97. The van der Waals surface area contributed by atoms with Crippen molar-refractivity contribution < 1.29 is 14.6 Å². The van der Waals surface area contributed by atoms with E-state index in [1.807, 2.05) is 0 Å². The van der Waals surface area contributed by atoms with Gasteiger partial charge in [0, 0.05) is 10.7 Å². The number of nitrogens with zero attached hydrogens (tertiary/aromatic N) is 2. The van der Waals surface area contributed by atoms with Gasteiger partial charge in [0.1, 0.15) is 0 Å². The summed E-state index contributed by atoms with van der Waals surface area (Å²) in [5.74, 6) is -0.722. The second kappa shape index (κ2) is 7.92. The fraction of sp³-hybridized carbons (Fsp3) is 0.105. The molecule has 0 saturated carbocycles. The van der Waals surface area contributed by atoms with Crippen LogP contribution in [0.15, 0.2) is 59.5 Å². The topological polar surface area (TPSA) is 93.5 Å². The summed E-state index contributed by atoms with van der Waals surface area (Å²) in [7, 11) is 0.